The van der Waals surface area contributed by atoms with E-state index in [1.54, 1.807) is 6.92 Å². The van der Waals surface area contributed by atoms with Crippen molar-refractivity contribution in [1.82, 2.24) is 9.97 Å². The van der Waals surface area contributed by atoms with Gasteiger partial charge in [-0.15, -0.1) is 0 Å². The average Bonchev–Trinajstić information content (AvgIpc) is 2.64. The molecule has 1 aromatic carbocycles. The number of anilines is 1. The summed E-state index contributed by atoms with van der Waals surface area (Å²) in [4.78, 5) is 23.9. The van der Waals surface area contributed by atoms with Crippen molar-refractivity contribution in [2.24, 2.45) is 16.5 Å². The summed E-state index contributed by atoms with van der Waals surface area (Å²) >= 11 is 5.76. The van der Waals surface area contributed by atoms with Crippen LogP contribution in [0.2, 0.25) is 5.15 Å². The van der Waals surface area contributed by atoms with E-state index < -0.39 is 47.9 Å². The number of carbonyl (C=O) groups excluding carboxylic acids is 1. The minimum absolute atomic E-state index is 0.00166. The van der Waals surface area contributed by atoms with Crippen LogP contribution in [0.3, 0.4) is 0 Å². The second-order valence-electron chi connectivity index (χ2n) is 6.31. The molecule has 0 saturated carbocycles. The molecule has 2 heterocycles. The predicted octanol–water partition coefficient (Wildman–Crippen LogP) is 2.31. The molecule has 0 saturated heterocycles. The second kappa shape index (κ2) is 7.84. The molecule has 2 aromatic rings. The Morgan fingerprint density at radius 3 is 2.83 bits per heavy atom. The summed E-state index contributed by atoms with van der Waals surface area (Å²) in [5.74, 6) is -1.67. The van der Waals surface area contributed by atoms with E-state index in [9.17, 15) is 18.0 Å². The van der Waals surface area contributed by atoms with Crippen molar-refractivity contribution in [1.29, 1.82) is 0 Å². The number of nitrogens with two attached hydrogens (primary N) is 2. The molecular weight excluding hydrogens is 413 g/mol. The zero-order chi connectivity index (χ0) is 21.3. The van der Waals surface area contributed by atoms with Crippen molar-refractivity contribution in [3.63, 3.8) is 0 Å². The summed E-state index contributed by atoms with van der Waals surface area (Å²) in [7, 11) is 0. The van der Waals surface area contributed by atoms with Crippen LogP contribution in [-0.4, -0.2) is 34.6 Å². The molecule has 1 amide bonds. The predicted molar refractivity (Wildman–Crippen MR) is 99.1 cm³/mol. The summed E-state index contributed by atoms with van der Waals surface area (Å²) in [5.41, 5.74) is 8.47. The van der Waals surface area contributed by atoms with Crippen molar-refractivity contribution in [3.8, 4) is 0 Å². The fourth-order valence-corrected chi connectivity index (χ4v) is 3.10. The Morgan fingerprint density at radius 1 is 1.45 bits per heavy atom. The molecular formula is C17H16ClF3N6O2. The SMILES string of the molecule is Cc1ncc(Cl)nc1C(=O)Nc1ccc(F)c([C@@]2(C(F)F)C[C@@H](N)OC(N)=N2)c1. The third-order valence-electron chi connectivity index (χ3n) is 4.29. The number of carbonyl (C=O) groups is 1. The van der Waals surface area contributed by atoms with Crippen LogP contribution in [0.1, 0.15) is 28.2 Å². The van der Waals surface area contributed by atoms with E-state index in [-0.39, 0.29) is 16.5 Å². The smallest absolute Gasteiger partial charge is 0.284 e. The number of aliphatic imine (C=N–C) groups is 1. The summed E-state index contributed by atoms with van der Waals surface area (Å²) in [6, 6.07) is 2.60. The van der Waals surface area contributed by atoms with Crippen molar-refractivity contribution in [2.75, 3.05) is 5.32 Å². The van der Waals surface area contributed by atoms with E-state index in [1.165, 1.54) is 12.3 Å². The number of nitrogens with one attached hydrogen (secondary N) is 1. The van der Waals surface area contributed by atoms with Gasteiger partial charge in [0.1, 0.15) is 11.0 Å². The minimum Gasteiger partial charge on any atom is -0.446 e. The first kappa shape index (κ1) is 20.8. The highest BCUT2D eigenvalue weighted by molar-refractivity contribution is 6.29. The van der Waals surface area contributed by atoms with E-state index in [1.807, 2.05) is 0 Å². The molecule has 0 radical (unpaired) electrons. The first-order chi connectivity index (χ1) is 13.6. The number of aryl methyl sites for hydroxylation is 1. The molecule has 0 bridgehead atoms. The number of rotatable bonds is 4. The zero-order valence-electron chi connectivity index (χ0n) is 15.0. The maximum Gasteiger partial charge on any atom is 0.284 e. The molecule has 12 heteroatoms. The first-order valence-corrected chi connectivity index (χ1v) is 8.66. The zero-order valence-corrected chi connectivity index (χ0v) is 15.8. The lowest BCUT2D eigenvalue weighted by Gasteiger charge is -2.36. The topological polar surface area (TPSA) is 129 Å². The van der Waals surface area contributed by atoms with E-state index in [0.29, 0.717) is 5.69 Å². The van der Waals surface area contributed by atoms with Crippen LogP contribution in [-0.2, 0) is 10.3 Å². The highest BCUT2D eigenvalue weighted by Crippen LogP contribution is 2.41. The number of amidine groups is 1. The number of amides is 1. The van der Waals surface area contributed by atoms with E-state index in [2.05, 4.69) is 20.3 Å². The van der Waals surface area contributed by atoms with Gasteiger partial charge in [0.05, 0.1) is 11.9 Å². The van der Waals surface area contributed by atoms with Gasteiger partial charge in [0, 0.05) is 17.7 Å². The Labute approximate surface area is 168 Å². The molecule has 2 atom stereocenters. The number of alkyl halides is 2. The van der Waals surface area contributed by atoms with Crippen LogP contribution in [0, 0.1) is 12.7 Å². The lowest BCUT2D eigenvalue weighted by molar-refractivity contribution is 0.00237. The average molecular weight is 429 g/mol. The molecule has 154 valence electrons. The van der Waals surface area contributed by atoms with E-state index >= 15 is 0 Å². The Morgan fingerprint density at radius 2 is 2.17 bits per heavy atom. The quantitative estimate of drug-likeness (QED) is 0.685. The molecule has 3 rings (SSSR count). The summed E-state index contributed by atoms with van der Waals surface area (Å²) < 4.78 is 47.4. The van der Waals surface area contributed by atoms with Crippen LogP contribution in [0.4, 0.5) is 18.9 Å². The van der Waals surface area contributed by atoms with Gasteiger partial charge in [0.25, 0.3) is 18.4 Å². The van der Waals surface area contributed by atoms with Crippen LogP contribution in [0.15, 0.2) is 29.4 Å². The third kappa shape index (κ3) is 4.10. The molecule has 1 aliphatic rings. The highest BCUT2D eigenvalue weighted by atomic mass is 35.5. The number of aromatic nitrogens is 2. The number of halogens is 4. The number of hydrogen-bond acceptors (Lipinski definition) is 7. The Hall–Kier alpha value is -2.92. The number of benzene rings is 1. The maximum atomic E-state index is 14.5. The van der Waals surface area contributed by atoms with Gasteiger partial charge in [-0.05, 0) is 25.1 Å². The van der Waals surface area contributed by atoms with Gasteiger partial charge >= 0.3 is 0 Å². The van der Waals surface area contributed by atoms with Gasteiger partial charge in [0.15, 0.2) is 17.5 Å². The van der Waals surface area contributed by atoms with Crippen LogP contribution >= 0.6 is 11.6 Å². The summed E-state index contributed by atoms with van der Waals surface area (Å²) in [5, 5.41) is 2.46. The normalized spacial score (nSPS) is 21.5. The number of ether oxygens (including phenoxy) is 1. The Kier molecular flexibility index (Phi) is 5.62. The number of hydrogen-bond donors (Lipinski definition) is 3. The Bertz CT molecular complexity index is 990. The largest absolute Gasteiger partial charge is 0.446 e. The van der Waals surface area contributed by atoms with Crippen molar-refractivity contribution in [3.05, 3.63) is 52.3 Å². The van der Waals surface area contributed by atoms with Gasteiger partial charge in [-0.3, -0.25) is 15.5 Å². The molecule has 0 aliphatic carbocycles. The third-order valence-corrected chi connectivity index (χ3v) is 4.47. The lowest BCUT2D eigenvalue weighted by Crippen LogP contribution is -2.48. The first-order valence-electron chi connectivity index (χ1n) is 8.28. The van der Waals surface area contributed by atoms with Gasteiger partial charge in [-0.25, -0.2) is 23.1 Å². The second-order valence-corrected chi connectivity index (χ2v) is 6.70. The van der Waals surface area contributed by atoms with Crippen LogP contribution in [0.25, 0.3) is 0 Å². The van der Waals surface area contributed by atoms with Crippen LogP contribution < -0.4 is 16.8 Å². The molecule has 0 fully saturated rings. The van der Waals surface area contributed by atoms with Crippen molar-refractivity contribution >= 4 is 29.2 Å². The van der Waals surface area contributed by atoms with Gasteiger partial charge in [-0.2, -0.15) is 0 Å². The van der Waals surface area contributed by atoms with Crippen molar-refractivity contribution < 1.29 is 22.7 Å². The van der Waals surface area contributed by atoms with Crippen LogP contribution in [0.5, 0.6) is 0 Å². The monoisotopic (exact) mass is 428 g/mol. The van der Waals surface area contributed by atoms with E-state index in [4.69, 9.17) is 27.8 Å². The van der Waals surface area contributed by atoms with Gasteiger partial charge in [-0.1, -0.05) is 11.6 Å². The van der Waals surface area contributed by atoms with E-state index in [0.717, 1.165) is 12.1 Å². The fourth-order valence-electron chi connectivity index (χ4n) is 2.97. The molecule has 0 unspecified atom stereocenters. The lowest BCUT2D eigenvalue weighted by atomic mass is 9.85. The molecule has 29 heavy (non-hydrogen) atoms. The molecule has 0 spiro atoms. The number of nitrogens with zero attached hydrogens (tertiary/aromatic N) is 3. The highest BCUT2D eigenvalue weighted by Gasteiger charge is 2.48. The molecule has 1 aromatic heterocycles. The van der Waals surface area contributed by atoms with Crippen molar-refractivity contribution in [2.45, 2.75) is 31.5 Å². The minimum atomic E-state index is -3.14. The molecule has 1 aliphatic heterocycles. The molecule has 8 nitrogen and oxygen atoms in total. The Balaban J connectivity index is 2.01. The molecule has 5 N–H and O–H groups in total. The summed E-state index contributed by atoms with van der Waals surface area (Å²) in [6.07, 6.45) is -3.59. The van der Waals surface area contributed by atoms with Gasteiger partial charge < -0.3 is 15.8 Å². The standard InChI is InChI=1S/C17H16ClF3N6O2/c1-7-13(26-11(18)6-24-7)14(28)25-8-2-3-10(19)9(4-8)17(15(20)21)5-12(22)29-16(23)27-17/h2-4,6,12,15H,5,22H2,1H3,(H2,23,27)(H,25,28)/t12-,17+/m0/s1. The van der Waals surface area contributed by atoms with Gasteiger partial charge in [0.2, 0.25) is 0 Å². The fraction of sp³-hybridized carbons (Fsp3) is 0.294. The summed E-state index contributed by atoms with van der Waals surface area (Å²) in [6.45, 7) is 1.54. The maximum absolute atomic E-state index is 14.5.